The predicted octanol–water partition coefficient (Wildman–Crippen LogP) is 2.26. The molecule has 540 valence electrons. The fraction of sp³-hybridized carbons (Fsp3) is 0.459. The normalized spacial score (nSPS) is 22.3. The number of hydrogen-bond acceptors (Lipinski definition) is 15. The molecule has 0 aliphatic carbocycles. The van der Waals surface area contributed by atoms with Crippen LogP contribution >= 0.6 is 0 Å². The number of carbonyl (C=O) groups excluding carboxylic acids is 10. The summed E-state index contributed by atoms with van der Waals surface area (Å²) in [7, 11) is 3.15. The Morgan fingerprint density at radius 1 is 0.564 bits per heavy atom. The molecule has 27 nitrogen and oxygen atoms in total. The standard InChI is InChI=1S/C74H94N12O15/c1-42(75-9)63(89)82-61(73(3,4)5)69(95)85-32-31-84-41-58(85)68(94)80-54(37-45-21-25-47-16-11-13-18-49(47)34-45)65(91)78-53(71(97)98)29-30-59(87)77-51-39-57(86(40-51)70(96)62(74(6,7)8)83-64(90)43(2)76-10)67(93)79-55(38-46-22-26-48-17-12-14-19-50(48)35-46)66(92)81-56(72(99)100)36-44-23-27-52(28-24-44)101-33-15-20-60(84)88/h11-28,34-35,42-43,51,53-58,61-62,75-76H,29-33,36-41H2,1-10H3,(H,77,87)(H,78,91)(H,79,93)(H,80,94)(H,81,92)(H,82,89)(H,83,90)(H,97,98)(H,99,100)/t42-,43-,51-,53-,54-,55-,56-,57-,58-,61+,62?/m0/s1. The van der Waals surface area contributed by atoms with E-state index in [1.165, 1.54) is 26.9 Å². The average molecular weight is 1390 g/mol. The van der Waals surface area contributed by atoms with Gasteiger partial charge in [0.05, 0.1) is 18.6 Å². The minimum atomic E-state index is -1.77. The Labute approximate surface area is 587 Å². The van der Waals surface area contributed by atoms with Crippen LogP contribution in [0.2, 0.25) is 0 Å². The van der Waals surface area contributed by atoms with Crippen LogP contribution in [-0.2, 0) is 76.8 Å². The SMILES string of the molecule is CN[C@@H](C)C(=O)NC(C(=O)N1C[C@@H]2C[C@H]1C(=O)N[C@@H](Cc1ccc3ccccc3c1)C(=O)N[C@H](C(=O)O)Cc1ccc(cc1)OCC=CC(=O)N1CCN(C(=O)[C@@H](NC(=O)[C@H](C)NC)C(C)(C)C)[C@@H](C1)C(=O)N[C@@H](Cc1ccc3ccccc3c1)C(=O)N[C@H](C(=O)O)CCC(=O)N2)C(C)(C)C. The third-order valence-electron chi connectivity index (χ3n) is 18.6. The van der Waals surface area contributed by atoms with E-state index in [0.717, 1.165) is 21.5 Å². The van der Waals surface area contributed by atoms with Gasteiger partial charge in [-0.15, -0.1) is 0 Å². The molecule has 9 rings (SSSR count). The molecule has 11 N–H and O–H groups in total. The van der Waals surface area contributed by atoms with Crippen molar-refractivity contribution in [3.8, 4) is 5.75 Å². The monoisotopic (exact) mass is 1390 g/mol. The Kier molecular flexibility index (Phi) is 25.5. The molecular formula is C74H94N12O15. The lowest BCUT2D eigenvalue weighted by Crippen LogP contribution is -2.67. The molecule has 10 amide bonds. The van der Waals surface area contributed by atoms with Gasteiger partial charge in [-0.1, -0.05) is 139 Å². The molecule has 4 heterocycles. The van der Waals surface area contributed by atoms with Gasteiger partial charge in [0.15, 0.2) is 0 Å². The number of nitrogens with zero attached hydrogens (tertiary/aromatic N) is 3. The van der Waals surface area contributed by atoms with Crippen LogP contribution in [0.4, 0.5) is 0 Å². The topological polar surface area (TPSA) is 373 Å². The zero-order chi connectivity index (χ0) is 73.6. The van der Waals surface area contributed by atoms with E-state index in [1.54, 1.807) is 112 Å². The van der Waals surface area contributed by atoms with E-state index >= 15 is 14.4 Å². The highest BCUT2D eigenvalue weighted by Crippen LogP contribution is 2.29. The van der Waals surface area contributed by atoms with E-state index in [9.17, 15) is 53.4 Å². The van der Waals surface area contributed by atoms with Crippen molar-refractivity contribution in [3.05, 3.63) is 138 Å². The van der Waals surface area contributed by atoms with Gasteiger partial charge < -0.3 is 77.5 Å². The quantitative estimate of drug-likeness (QED) is 0.0759. The summed E-state index contributed by atoms with van der Waals surface area (Å²) in [6.45, 7) is 12.4. The minimum Gasteiger partial charge on any atom is -0.490 e. The van der Waals surface area contributed by atoms with Crippen molar-refractivity contribution < 1.29 is 72.5 Å². The molecule has 27 heteroatoms. The summed E-state index contributed by atoms with van der Waals surface area (Å²) in [4.78, 5) is 176. The van der Waals surface area contributed by atoms with Crippen molar-refractivity contribution in [3.63, 3.8) is 0 Å². The van der Waals surface area contributed by atoms with Crippen LogP contribution in [0.25, 0.3) is 21.5 Å². The Morgan fingerprint density at radius 2 is 1.05 bits per heavy atom. The largest absolute Gasteiger partial charge is 0.490 e. The first-order valence-electron chi connectivity index (χ1n) is 34.0. The molecule has 101 heavy (non-hydrogen) atoms. The van der Waals surface area contributed by atoms with Gasteiger partial charge in [0.25, 0.3) is 0 Å². The molecule has 5 aromatic carbocycles. The zero-order valence-electron chi connectivity index (χ0n) is 58.7. The number of rotatable bonds is 14. The van der Waals surface area contributed by atoms with Gasteiger partial charge in [0.1, 0.15) is 60.7 Å². The summed E-state index contributed by atoms with van der Waals surface area (Å²) in [5.74, 6) is -9.97. The molecule has 4 aliphatic heterocycles. The lowest BCUT2D eigenvalue weighted by Gasteiger charge is -2.44. The maximum atomic E-state index is 15.2. The third kappa shape index (κ3) is 20.2. The summed E-state index contributed by atoms with van der Waals surface area (Å²) in [6.07, 6.45) is 0.738. The summed E-state index contributed by atoms with van der Waals surface area (Å²) in [5, 5.41) is 49.6. The maximum Gasteiger partial charge on any atom is 0.326 e. The summed E-state index contributed by atoms with van der Waals surface area (Å²) in [5.41, 5.74) is -0.308. The molecule has 0 spiro atoms. The lowest BCUT2D eigenvalue weighted by atomic mass is 9.85. The molecule has 6 bridgehead atoms. The molecular weight excluding hydrogens is 1300 g/mol. The highest BCUT2D eigenvalue weighted by Gasteiger charge is 2.48. The van der Waals surface area contributed by atoms with Gasteiger partial charge in [-0.05, 0) is 108 Å². The number of carboxylic acid groups (broad SMARTS) is 2. The van der Waals surface area contributed by atoms with Gasteiger partial charge in [-0.25, -0.2) is 9.59 Å². The second-order valence-corrected chi connectivity index (χ2v) is 28.3. The van der Waals surface area contributed by atoms with Gasteiger partial charge in [-0.3, -0.25) is 47.9 Å². The molecule has 2 saturated heterocycles. The number of piperazine rings is 1. The van der Waals surface area contributed by atoms with E-state index in [1.807, 2.05) is 66.7 Å². The number of hydrogen-bond donors (Lipinski definition) is 11. The second kappa shape index (κ2) is 33.7. The summed E-state index contributed by atoms with van der Waals surface area (Å²) >= 11 is 0. The van der Waals surface area contributed by atoms with Crippen molar-refractivity contribution in [2.24, 2.45) is 10.8 Å². The van der Waals surface area contributed by atoms with Crippen LogP contribution in [0, 0.1) is 10.8 Å². The van der Waals surface area contributed by atoms with Crippen LogP contribution in [0.5, 0.6) is 5.75 Å². The van der Waals surface area contributed by atoms with E-state index in [0.29, 0.717) is 22.4 Å². The van der Waals surface area contributed by atoms with Gasteiger partial charge in [0, 0.05) is 57.4 Å². The number of nitrogens with one attached hydrogen (secondary N) is 9. The minimum absolute atomic E-state index is 0.0726. The van der Waals surface area contributed by atoms with E-state index < -0.39 is 168 Å². The molecule has 11 atom stereocenters. The fourth-order valence-electron chi connectivity index (χ4n) is 12.4. The number of carboxylic acids is 2. The first-order chi connectivity index (χ1) is 47.8. The van der Waals surface area contributed by atoms with Crippen LogP contribution in [0.3, 0.4) is 0 Å². The molecule has 0 saturated carbocycles. The maximum absolute atomic E-state index is 15.2. The van der Waals surface area contributed by atoms with Crippen LogP contribution in [0.15, 0.2) is 121 Å². The number of amides is 10. The van der Waals surface area contributed by atoms with Crippen molar-refractivity contribution in [2.75, 3.05) is 46.9 Å². The summed E-state index contributed by atoms with van der Waals surface area (Å²) in [6, 6.07) is 17.8. The fourth-order valence-corrected chi connectivity index (χ4v) is 12.4. The smallest absolute Gasteiger partial charge is 0.326 e. The Morgan fingerprint density at radius 3 is 1.54 bits per heavy atom. The Hall–Kier alpha value is -10.3. The Balaban J connectivity index is 1.16. The first kappa shape index (κ1) is 76.5. The van der Waals surface area contributed by atoms with Crippen molar-refractivity contribution in [2.45, 2.75) is 160 Å². The molecule has 0 radical (unpaired) electrons. The van der Waals surface area contributed by atoms with E-state index in [4.69, 9.17) is 4.74 Å². The number of carbonyl (C=O) groups is 12. The molecule has 1 unspecified atom stereocenters. The van der Waals surface area contributed by atoms with Gasteiger partial charge in [0.2, 0.25) is 59.1 Å². The molecule has 5 aromatic rings. The lowest BCUT2D eigenvalue weighted by molar-refractivity contribution is -0.151. The summed E-state index contributed by atoms with van der Waals surface area (Å²) < 4.78 is 5.95. The first-order valence-corrected chi connectivity index (χ1v) is 34.0. The van der Waals surface area contributed by atoms with E-state index in [-0.39, 0.29) is 51.9 Å². The second-order valence-electron chi connectivity index (χ2n) is 28.3. The average Bonchev–Trinajstić information content (AvgIpc) is 1.78. The van der Waals surface area contributed by atoms with Crippen LogP contribution in [0.1, 0.15) is 91.3 Å². The van der Waals surface area contributed by atoms with Crippen molar-refractivity contribution in [1.82, 2.24) is 62.6 Å². The number of aliphatic carboxylic acids is 2. The molecule has 4 aliphatic rings. The van der Waals surface area contributed by atoms with Crippen molar-refractivity contribution >= 4 is 92.6 Å². The molecule has 2 fully saturated rings. The van der Waals surface area contributed by atoms with Crippen LogP contribution in [-0.4, -0.2) is 209 Å². The number of likely N-dealkylation sites (tertiary alicyclic amines) is 1. The zero-order valence-corrected chi connectivity index (χ0v) is 58.7. The van der Waals surface area contributed by atoms with Crippen LogP contribution < -0.4 is 52.6 Å². The van der Waals surface area contributed by atoms with Crippen molar-refractivity contribution in [1.29, 1.82) is 0 Å². The Bertz CT molecular complexity index is 3940. The number of likely N-dealkylation sites (N-methyl/N-ethyl adjacent to an activating group) is 2. The number of ether oxygens (including phenoxy) is 1. The molecule has 0 aromatic heterocycles. The highest BCUT2D eigenvalue weighted by atomic mass is 16.5. The van der Waals surface area contributed by atoms with Gasteiger partial charge >= 0.3 is 11.9 Å². The third-order valence-corrected chi connectivity index (χ3v) is 18.6. The number of fused-ring (bicyclic) bond motifs is 22. The highest BCUT2D eigenvalue weighted by molar-refractivity contribution is 5.99. The number of benzene rings is 5. The van der Waals surface area contributed by atoms with E-state index in [2.05, 4.69) is 47.9 Å². The van der Waals surface area contributed by atoms with Gasteiger partial charge in [-0.2, -0.15) is 0 Å². The predicted molar refractivity (Wildman–Crippen MR) is 376 cm³/mol.